The number of hydrogen-bond donors (Lipinski definition) is 3. The first-order valence-corrected chi connectivity index (χ1v) is 13.4. The lowest BCUT2D eigenvalue weighted by molar-refractivity contribution is -0.137. The van der Waals surface area contributed by atoms with Gasteiger partial charge >= 0.3 is 5.97 Å². The van der Waals surface area contributed by atoms with Crippen molar-refractivity contribution in [1.29, 1.82) is 0 Å². The average Bonchev–Trinajstić information content (AvgIpc) is 3.40. The van der Waals surface area contributed by atoms with Crippen molar-refractivity contribution in [3.05, 3.63) is 46.2 Å². The number of nitrogens with one attached hydrogen (secondary N) is 2. The van der Waals surface area contributed by atoms with Crippen LogP contribution in [-0.4, -0.2) is 35.2 Å². The summed E-state index contributed by atoms with van der Waals surface area (Å²) >= 11 is 1.78. The van der Waals surface area contributed by atoms with Crippen LogP contribution in [0, 0.1) is 11.8 Å². The number of anilines is 2. The molecule has 3 unspecified atom stereocenters. The van der Waals surface area contributed by atoms with E-state index in [0.717, 1.165) is 12.1 Å². The van der Waals surface area contributed by atoms with E-state index in [4.69, 9.17) is 0 Å². The van der Waals surface area contributed by atoms with Gasteiger partial charge in [0.2, 0.25) is 0 Å². The van der Waals surface area contributed by atoms with E-state index in [0.29, 0.717) is 29.9 Å². The summed E-state index contributed by atoms with van der Waals surface area (Å²) in [5.74, 6) is -0.176. The van der Waals surface area contributed by atoms with Crippen LogP contribution in [0.5, 0.6) is 0 Å². The summed E-state index contributed by atoms with van der Waals surface area (Å²) < 4.78 is 0. The van der Waals surface area contributed by atoms with Crippen molar-refractivity contribution in [3.63, 3.8) is 0 Å². The van der Waals surface area contributed by atoms with Gasteiger partial charge in [0.05, 0.1) is 17.8 Å². The number of fused-ring (bicyclic) bond motifs is 1. The van der Waals surface area contributed by atoms with Gasteiger partial charge in [-0.05, 0) is 60.7 Å². The molecular formula is C27H37N3O3S. The summed E-state index contributed by atoms with van der Waals surface area (Å²) in [7, 11) is 0. The lowest BCUT2D eigenvalue weighted by Crippen LogP contribution is -2.48. The van der Waals surface area contributed by atoms with Gasteiger partial charge in [0.1, 0.15) is 6.17 Å². The third-order valence-corrected chi connectivity index (χ3v) is 8.00. The van der Waals surface area contributed by atoms with Gasteiger partial charge in [0.15, 0.2) is 0 Å². The van der Waals surface area contributed by atoms with Crippen LogP contribution in [0.4, 0.5) is 11.4 Å². The standard InChI is InChI=1S/C27H37N3O3S/c1-17(2)13-20(15-26(31)32)28-27(33)19-10-11-24-22(14-19)29-25(16-21-8-6-12-34-21)30(24)23-9-5-4-7-18(23)3/h6,8,10-12,14,17-18,20,23,25,29H,4-5,7,9,13,15-16H2,1-3H3,(H,28,33)(H,31,32)/t18?,20-,23?,25?/m0/s1. The molecular weight excluding hydrogens is 446 g/mol. The second-order valence-electron chi connectivity index (χ2n) is 10.3. The molecule has 1 saturated carbocycles. The van der Waals surface area contributed by atoms with Gasteiger partial charge in [-0.15, -0.1) is 11.3 Å². The molecule has 1 aliphatic heterocycles. The minimum atomic E-state index is -0.893. The van der Waals surface area contributed by atoms with Gasteiger partial charge in [-0.3, -0.25) is 9.59 Å². The maximum atomic E-state index is 13.0. The minimum Gasteiger partial charge on any atom is -0.481 e. The van der Waals surface area contributed by atoms with Crippen molar-refractivity contribution < 1.29 is 14.7 Å². The molecule has 3 N–H and O–H groups in total. The molecule has 7 heteroatoms. The lowest BCUT2D eigenvalue weighted by Gasteiger charge is -2.41. The number of carboxylic acids is 1. The van der Waals surface area contributed by atoms with Crippen molar-refractivity contribution >= 4 is 34.6 Å². The smallest absolute Gasteiger partial charge is 0.305 e. The fourth-order valence-corrected chi connectivity index (χ4v) is 6.31. The zero-order valence-corrected chi connectivity index (χ0v) is 21.2. The van der Waals surface area contributed by atoms with Gasteiger partial charge < -0.3 is 20.6 Å². The van der Waals surface area contributed by atoms with Crippen molar-refractivity contribution in [2.75, 3.05) is 10.2 Å². The third kappa shape index (κ3) is 5.74. The second kappa shape index (κ2) is 10.8. The van der Waals surface area contributed by atoms with Crippen molar-refractivity contribution in [3.8, 4) is 0 Å². The molecule has 4 rings (SSSR count). The topological polar surface area (TPSA) is 81.7 Å². The number of carbonyl (C=O) groups is 2. The van der Waals surface area contributed by atoms with Crippen LogP contribution in [-0.2, 0) is 11.2 Å². The van der Waals surface area contributed by atoms with Crippen LogP contribution in [0.25, 0.3) is 0 Å². The predicted octanol–water partition coefficient (Wildman–Crippen LogP) is 5.75. The Labute approximate surface area is 206 Å². The van der Waals surface area contributed by atoms with Gasteiger partial charge in [0, 0.05) is 28.9 Å². The number of thiophene rings is 1. The molecule has 0 radical (unpaired) electrons. The van der Waals surface area contributed by atoms with Gasteiger partial charge in [-0.25, -0.2) is 0 Å². The Morgan fingerprint density at radius 1 is 1.24 bits per heavy atom. The lowest BCUT2D eigenvalue weighted by atomic mass is 9.84. The molecule has 34 heavy (non-hydrogen) atoms. The number of benzene rings is 1. The Hall–Kier alpha value is -2.54. The Morgan fingerprint density at radius 2 is 2.03 bits per heavy atom. The summed E-state index contributed by atoms with van der Waals surface area (Å²) in [6, 6.07) is 10.3. The Balaban J connectivity index is 1.56. The predicted molar refractivity (Wildman–Crippen MR) is 139 cm³/mol. The number of carbonyl (C=O) groups excluding carboxylic acids is 1. The Morgan fingerprint density at radius 3 is 2.71 bits per heavy atom. The van der Waals surface area contributed by atoms with Gasteiger partial charge in [-0.2, -0.15) is 0 Å². The molecule has 184 valence electrons. The van der Waals surface area contributed by atoms with E-state index in [9.17, 15) is 14.7 Å². The third-order valence-electron chi connectivity index (χ3n) is 7.11. The van der Waals surface area contributed by atoms with Crippen LogP contribution in [0.3, 0.4) is 0 Å². The van der Waals surface area contributed by atoms with Crippen molar-refractivity contribution in [2.24, 2.45) is 11.8 Å². The quantitative estimate of drug-likeness (QED) is 0.423. The monoisotopic (exact) mass is 483 g/mol. The summed E-state index contributed by atoms with van der Waals surface area (Å²) in [6.07, 6.45) is 6.66. The molecule has 0 bridgehead atoms. The highest BCUT2D eigenvalue weighted by Gasteiger charge is 2.38. The molecule has 6 nitrogen and oxygen atoms in total. The first-order valence-electron chi connectivity index (χ1n) is 12.6. The molecule has 1 aromatic carbocycles. The number of hydrogen-bond acceptors (Lipinski definition) is 5. The zero-order valence-electron chi connectivity index (χ0n) is 20.4. The highest BCUT2D eigenvalue weighted by Crippen LogP contribution is 2.42. The normalized spacial score (nSPS) is 22.8. The van der Waals surface area contributed by atoms with E-state index in [1.165, 1.54) is 36.2 Å². The number of rotatable bonds is 9. The largest absolute Gasteiger partial charge is 0.481 e. The van der Waals surface area contributed by atoms with E-state index in [1.54, 1.807) is 11.3 Å². The average molecular weight is 484 g/mol. The van der Waals surface area contributed by atoms with Crippen LogP contribution in [0.1, 0.15) is 74.5 Å². The SMILES string of the molecule is CC(C)C[C@@H](CC(=O)O)NC(=O)c1ccc2c(c1)NC(Cc1cccs1)N2C1CCCCC1C. The molecule has 0 spiro atoms. The maximum Gasteiger partial charge on any atom is 0.305 e. The summed E-state index contributed by atoms with van der Waals surface area (Å²) in [6.45, 7) is 6.44. The van der Waals surface area contributed by atoms with E-state index in [1.807, 2.05) is 26.0 Å². The zero-order chi connectivity index (χ0) is 24.2. The minimum absolute atomic E-state index is 0.0661. The molecule has 4 atom stereocenters. The van der Waals surface area contributed by atoms with Crippen LogP contribution < -0.4 is 15.5 Å². The highest BCUT2D eigenvalue weighted by atomic mass is 32.1. The van der Waals surface area contributed by atoms with Crippen molar-refractivity contribution in [1.82, 2.24) is 5.32 Å². The maximum absolute atomic E-state index is 13.0. The first-order chi connectivity index (χ1) is 16.3. The van der Waals surface area contributed by atoms with E-state index in [-0.39, 0.29) is 24.5 Å². The number of amides is 1. The summed E-state index contributed by atoms with van der Waals surface area (Å²) in [5, 5.41) is 18.0. The molecule has 2 aliphatic rings. The highest BCUT2D eigenvalue weighted by molar-refractivity contribution is 7.09. The van der Waals surface area contributed by atoms with E-state index in [2.05, 4.69) is 46.0 Å². The van der Waals surface area contributed by atoms with Crippen LogP contribution >= 0.6 is 11.3 Å². The van der Waals surface area contributed by atoms with Crippen LogP contribution in [0.2, 0.25) is 0 Å². The van der Waals surface area contributed by atoms with Gasteiger partial charge in [0.25, 0.3) is 5.91 Å². The fraction of sp³-hybridized carbons (Fsp3) is 0.556. The summed E-state index contributed by atoms with van der Waals surface area (Å²) in [5.41, 5.74) is 2.73. The fourth-order valence-electron chi connectivity index (χ4n) is 5.57. The molecule has 1 aromatic heterocycles. The molecule has 1 amide bonds. The number of carboxylic acid groups (broad SMARTS) is 1. The molecule has 1 fully saturated rings. The van der Waals surface area contributed by atoms with Gasteiger partial charge in [-0.1, -0.05) is 39.7 Å². The molecule has 2 aromatic rings. The van der Waals surface area contributed by atoms with E-state index >= 15 is 0 Å². The Kier molecular flexibility index (Phi) is 7.81. The second-order valence-corrected chi connectivity index (χ2v) is 11.3. The van der Waals surface area contributed by atoms with E-state index < -0.39 is 5.97 Å². The number of nitrogens with zero attached hydrogens (tertiary/aromatic N) is 1. The Bertz CT molecular complexity index is 991. The van der Waals surface area contributed by atoms with Crippen LogP contribution in [0.15, 0.2) is 35.7 Å². The number of aliphatic carboxylic acids is 1. The molecule has 1 aliphatic carbocycles. The first kappa shape index (κ1) is 24.6. The molecule has 2 heterocycles. The summed E-state index contributed by atoms with van der Waals surface area (Å²) in [4.78, 5) is 28.2. The molecule has 0 saturated heterocycles. The van der Waals surface area contributed by atoms with Crippen molar-refractivity contribution in [2.45, 2.75) is 84.0 Å².